The van der Waals surface area contributed by atoms with Crippen LogP contribution in [0.4, 0.5) is 0 Å². The molecule has 0 N–H and O–H groups in total. The van der Waals surface area contributed by atoms with E-state index in [1.807, 2.05) is 6.92 Å². The van der Waals surface area contributed by atoms with Gasteiger partial charge in [0.05, 0.1) is 0 Å². The number of carbonyl (C=O) groups excluding carboxylic acids is 2. The van der Waals surface area contributed by atoms with Crippen molar-refractivity contribution in [1.82, 2.24) is 0 Å². The van der Waals surface area contributed by atoms with Crippen molar-refractivity contribution in [2.45, 2.75) is 155 Å². The maximum atomic E-state index is 13.3. The van der Waals surface area contributed by atoms with Crippen molar-refractivity contribution >= 4 is 11.9 Å². The van der Waals surface area contributed by atoms with Gasteiger partial charge < -0.3 is 9.47 Å². The maximum absolute atomic E-state index is 13.3. The second kappa shape index (κ2) is 11.8. The van der Waals surface area contributed by atoms with Crippen molar-refractivity contribution in [2.24, 2.45) is 70.0 Å². The lowest BCUT2D eigenvalue weighted by Crippen LogP contribution is -2.66. The van der Waals surface area contributed by atoms with E-state index in [4.69, 9.17) is 9.47 Å². The van der Waals surface area contributed by atoms with Crippen molar-refractivity contribution in [3.8, 4) is 0 Å². The van der Waals surface area contributed by atoms with Gasteiger partial charge in [-0.25, -0.2) is 9.59 Å². The summed E-state index contributed by atoms with van der Waals surface area (Å²) in [5.74, 6) is 5.47. The van der Waals surface area contributed by atoms with Crippen LogP contribution in [0.2, 0.25) is 0 Å². The maximum Gasteiger partial charge on any atom is 0.333 e. The van der Waals surface area contributed by atoms with Crippen LogP contribution in [0.5, 0.6) is 0 Å². The number of rotatable bonds is 11. The number of carbonyl (C=O) groups is 2. The molecule has 3 unspecified atom stereocenters. The highest BCUT2D eigenvalue weighted by atomic mass is 16.6. The van der Waals surface area contributed by atoms with Gasteiger partial charge >= 0.3 is 11.9 Å². The van der Waals surface area contributed by atoms with Crippen molar-refractivity contribution in [1.29, 1.82) is 0 Å². The molecule has 9 aliphatic carbocycles. The Morgan fingerprint density at radius 2 is 1.37 bits per heavy atom. The molecule has 46 heavy (non-hydrogen) atoms. The molecule has 8 bridgehead atoms. The Morgan fingerprint density at radius 1 is 0.804 bits per heavy atom. The van der Waals surface area contributed by atoms with Crippen LogP contribution < -0.4 is 0 Å². The van der Waals surface area contributed by atoms with Gasteiger partial charge in [-0.15, -0.1) is 0 Å². The summed E-state index contributed by atoms with van der Waals surface area (Å²) in [7, 11) is 0. The van der Waals surface area contributed by atoms with E-state index in [1.165, 1.54) is 109 Å². The van der Waals surface area contributed by atoms with Crippen LogP contribution in [-0.2, 0) is 19.1 Å². The van der Waals surface area contributed by atoms with Crippen LogP contribution in [0, 0.1) is 70.0 Å². The molecular weight excluding hydrogens is 568 g/mol. The van der Waals surface area contributed by atoms with Gasteiger partial charge in [-0.3, -0.25) is 0 Å². The Morgan fingerprint density at radius 3 is 1.89 bits per heavy atom. The normalized spacial score (nSPS) is 44.3. The topological polar surface area (TPSA) is 52.6 Å². The molecule has 0 aliphatic heterocycles. The second-order valence-electron chi connectivity index (χ2n) is 19.3. The lowest BCUT2D eigenvalue weighted by Gasteiger charge is -2.67. The van der Waals surface area contributed by atoms with E-state index in [-0.39, 0.29) is 23.1 Å². The molecule has 9 saturated carbocycles. The summed E-state index contributed by atoms with van der Waals surface area (Å²) in [6.45, 7) is 19.3. The number of hydrogen-bond acceptors (Lipinski definition) is 4. The molecule has 0 aromatic rings. The minimum absolute atomic E-state index is 0.157. The van der Waals surface area contributed by atoms with Crippen molar-refractivity contribution in [3.05, 3.63) is 24.8 Å². The molecule has 0 saturated heterocycles. The van der Waals surface area contributed by atoms with Gasteiger partial charge in [-0.05, 0) is 162 Å². The molecule has 3 atom stereocenters. The van der Waals surface area contributed by atoms with Crippen molar-refractivity contribution < 1.29 is 19.1 Å². The molecule has 0 radical (unpaired) electrons. The Balaban J connectivity index is 1.11. The summed E-state index contributed by atoms with van der Waals surface area (Å²) in [4.78, 5) is 26.3. The average Bonchev–Trinajstić information content (AvgIpc) is 2.98. The molecule has 9 fully saturated rings. The Hall–Kier alpha value is -1.58. The Labute approximate surface area is 280 Å². The van der Waals surface area contributed by atoms with Crippen molar-refractivity contribution in [3.63, 3.8) is 0 Å². The molecule has 9 aliphatic rings. The van der Waals surface area contributed by atoms with Gasteiger partial charge in [0.2, 0.25) is 0 Å². The minimum Gasteiger partial charge on any atom is -0.455 e. The van der Waals surface area contributed by atoms with Gasteiger partial charge in [0.1, 0.15) is 11.2 Å². The summed E-state index contributed by atoms with van der Waals surface area (Å²) in [5, 5.41) is 0. The lowest BCUT2D eigenvalue weighted by atomic mass is 9.41. The third kappa shape index (κ3) is 5.37. The summed E-state index contributed by atoms with van der Waals surface area (Å²) < 4.78 is 13.5. The number of hydrogen-bond donors (Lipinski definition) is 0. The fraction of sp³-hybridized carbons (Fsp3) is 0.857. The van der Waals surface area contributed by atoms with E-state index >= 15 is 0 Å². The molecule has 0 spiro atoms. The zero-order valence-electron chi connectivity index (χ0n) is 29.9. The smallest absolute Gasteiger partial charge is 0.333 e. The molecule has 256 valence electrons. The van der Waals surface area contributed by atoms with E-state index in [2.05, 4.69) is 40.9 Å². The first kappa shape index (κ1) is 32.9. The molecule has 0 amide bonds. The SMILES string of the molecule is C=CC(=O)OC1(C2CCC(C)(C)CC2)C2CC3CC1CC(CCCC(C(C)C)C1(OC(=O)C(=C)C)C4CC5CC(C4)CC1C5)(C3)C2. The van der Waals surface area contributed by atoms with Crippen LogP contribution in [0.1, 0.15) is 144 Å². The van der Waals surface area contributed by atoms with Crippen LogP contribution in [0.3, 0.4) is 0 Å². The molecule has 4 nitrogen and oxygen atoms in total. The van der Waals surface area contributed by atoms with Crippen LogP contribution in [0.15, 0.2) is 24.8 Å². The molecular formula is C42H64O4. The molecule has 4 heteroatoms. The first-order valence-corrected chi connectivity index (χ1v) is 19.5. The van der Waals surface area contributed by atoms with Crippen LogP contribution in [-0.4, -0.2) is 23.1 Å². The largest absolute Gasteiger partial charge is 0.455 e. The Bertz CT molecular complexity index is 1170. The van der Waals surface area contributed by atoms with E-state index < -0.39 is 0 Å². The third-order valence-electron chi connectivity index (χ3n) is 15.7. The highest BCUT2D eigenvalue weighted by Crippen LogP contribution is 2.69. The predicted molar refractivity (Wildman–Crippen MR) is 184 cm³/mol. The van der Waals surface area contributed by atoms with Crippen LogP contribution in [0.25, 0.3) is 0 Å². The van der Waals surface area contributed by atoms with Gasteiger partial charge in [-0.1, -0.05) is 47.3 Å². The van der Waals surface area contributed by atoms with Gasteiger partial charge in [0, 0.05) is 29.4 Å². The van der Waals surface area contributed by atoms with E-state index in [0.29, 0.717) is 57.8 Å². The standard InChI is InChI=1S/C42H64O4/c1-8-37(43)45-41(31-11-14-39(6,7)15-12-31)34-21-30-22-35(41)25-40(23-30,24-34)13-9-10-36(26(2)3)42(46-38(44)27(4)5)32-17-28-16-29(19-32)20-33(42)18-28/h8,26,28-36H,1,4,9-25H2,2-3,5-7H3. The highest BCUT2D eigenvalue weighted by molar-refractivity contribution is 5.87. The summed E-state index contributed by atoms with van der Waals surface area (Å²) >= 11 is 0. The molecule has 0 aromatic carbocycles. The van der Waals surface area contributed by atoms with E-state index in [9.17, 15) is 9.59 Å². The summed E-state index contributed by atoms with van der Waals surface area (Å²) in [6, 6.07) is 0. The van der Waals surface area contributed by atoms with Gasteiger partial charge in [0.25, 0.3) is 0 Å². The van der Waals surface area contributed by atoms with Gasteiger partial charge in [0.15, 0.2) is 0 Å². The first-order valence-electron chi connectivity index (χ1n) is 19.5. The average molecular weight is 633 g/mol. The van der Waals surface area contributed by atoms with Crippen LogP contribution >= 0.6 is 0 Å². The Kier molecular flexibility index (Phi) is 8.44. The van der Waals surface area contributed by atoms with E-state index in [0.717, 1.165) is 24.2 Å². The van der Waals surface area contributed by atoms with Crippen molar-refractivity contribution in [2.75, 3.05) is 0 Å². The fourth-order valence-electron chi connectivity index (χ4n) is 14.2. The predicted octanol–water partition coefficient (Wildman–Crippen LogP) is 10.3. The number of ether oxygens (including phenoxy) is 2. The fourth-order valence-corrected chi connectivity index (χ4v) is 14.2. The monoisotopic (exact) mass is 632 g/mol. The zero-order valence-corrected chi connectivity index (χ0v) is 29.9. The molecule has 9 rings (SSSR count). The molecule has 0 aromatic heterocycles. The first-order chi connectivity index (χ1) is 21.8. The lowest BCUT2D eigenvalue weighted by molar-refractivity contribution is -0.248. The zero-order chi connectivity index (χ0) is 32.6. The minimum atomic E-state index is -0.318. The summed E-state index contributed by atoms with van der Waals surface area (Å²) in [6.07, 6.45) is 22.6. The molecule has 0 heterocycles. The van der Waals surface area contributed by atoms with E-state index in [1.54, 1.807) is 0 Å². The number of esters is 2. The summed E-state index contributed by atoms with van der Waals surface area (Å²) in [5.41, 5.74) is 0.715. The quantitative estimate of drug-likeness (QED) is 0.168. The second-order valence-corrected chi connectivity index (χ2v) is 19.3. The highest BCUT2D eigenvalue weighted by Gasteiger charge is 2.67. The van der Waals surface area contributed by atoms with Gasteiger partial charge in [-0.2, -0.15) is 0 Å². The third-order valence-corrected chi connectivity index (χ3v) is 15.7.